The lowest BCUT2D eigenvalue weighted by molar-refractivity contribution is 0.0920. The first kappa shape index (κ1) is 15.4. The summed E-state index contributed by atoms with van der Waals surface area (Å²) in [5.41, 5.74) is -1.09. The molecule has 6 nitrogen and oxygen atoms in total. The summed E-state index contributed by atoms with van der Waals surface area (Å²) in [6, 6.07) is -0.393. The molecule has 0 radical (unpaired) electrons. The summed E-state index contributed by atoms with van der Waals surface area (Å²) in [5.74, 6) is -0.332. The third-order valence-electron chi connectivity index (χ3n) is 2.98. The predicted octanol–water partition coefficient (Wildman–Crippen LogP) is 0.973. The maximum absolute atomic E-state index is 12.2. The summed E-state index contributed by atoms with van der Waals surface area (Å²) >= 11 is 0. The van der Waals surface area contributed by atoms with Crippen molar-refractivity contribution in [1.82, 2.24) is 9.55 Å². The quantitative estimate of drug-likeness (QED) is 0.779. The summed E-state index contributed by atoms with van der Waals surface area (Å²) in [6.45, 7) is 7.70. The molecule has 0 aliphatic carbocycles. The Morgan fingerprint density at radius 2 is 2.05 bits per heavy atom. The van der Waals surface area contributed by atoms with Crippen LogP contribution in [0.15, 0.2) is 15.8 Å². The smallest absolute Gasteiger partial charge is 0.328 e. The van der Waals surface area contributed by atoms with E-state index in [2.05, 4.69) is 4.98 Å². The van der Waals surface area contributed by atoms with Gasteiger partial charge in [-0.15, -0.1) is 0 Å². The number of aromatic amines is 1. The number of ether oxygens (including phenoxy) is 1. The Morgan fingerprint density at radius 1 is 1.42 bits per heavy atom. The van der Waals surface area contributed by atoms with E-state index in [1.165, 1.54) is 13.1 Å². The van der Waals surface area contributed by atoms with E-state index in [1.807, 2.05) is 20.8 Å². The number of nitrogens with one attached hydrogen (secondary N) is 1. The lowest BCUT2D eigenvalue weighted by Crippen LogP contribution is -2.43. The SMILES string of the molecule is CCOCC(C(C)C)n1c(=O)[nH]cc(C(C)=O)c1=O. The Bertz CT molecular complexity index is 556. The van der Waals surface area contributed by atoms with E-state index in [-0.39, 0.29) is 23.9 Å². The molecule has 0 amide bonds. The lowest BCUT2D eigenvalue weighted by atomic mass is 10.0. The normalized spacial score (nSPS) is 12.7. The first-order valence-electron chi connectivity index (χ1n) is 6.33. The highest BCUT2D eigenvalue weighted by Crippen LogP contribution is 2.14. The molecule has 6 heteroatoms. The molecule has 1 heterocycles. The molecule has 0 saturated heterocycles. The van der Waals surface area contributed by atoms with E-state index < -0.39 is 17.3 Å². The minimum atomic E-state index is -0.561. The van der Waals surface area contributed by atoms with Crippen molar-refractivity contribution in [3.63, 3.8) is 0 Å². The highest BCUT2D eigenvalue weighted by molar-refractivity contribution is 5.93. The predicted molar refractivity (Wildman–Crippen MR) is 71.7 cm³/mol. The number of nitrogens with zero attached hydrogens (tertiary/aromatic N) is 1. The van der Waals surface area contributed by atoms with Gasteiger partial charge in [-0.2, -0.15) is 0 Å². The van der Waals surface area contributed by atoms with Gasteiger partial charge in [0.1, 0.15) is 0 Å². The molecule has 1 rings (SSSR count). The van der Waals surface area contributed by atoms with E-state index >= 15 is 0 Å². The molecule has 1 aromatic rings. The monoisotopic (exact) mass is 268 g/mol. The molecule has 0 fully saturated rings. The average molecular weight is 268 g/mol. The Balaban J connectivity index is 3.37. The van der Waals surface area contributed by atoms with Gasteiger partial charge in [-0.05, 0) is 19.8 Å². The van der Waals surface area contributed by atoms with Crippen LogP contribution in [0.1, 0.15) is 44.1 Å². The Hall–Kier alpha value is -1.69. The van der Waals surface area contributed by atoms with Gasteiger partial charge < -0.3 is 9.72 Å². The van der Waals surface area contributed by atoms with Crippen molar-refractivity contribution < 1.29 is 9.53 Å². The summed E-state index contributed by atoms with van der Waals surface area (Å²) in [7, 11) is 0. The summed E-state index contributed by atoms with van der Waals surface area (Å²) < 4.78 is 6.40. The van der Waals surface area contributed by atoms with Crippen LogP contribution in [0.4, 0.5) is 0 Å². The number of Topliss-reactive ketones (excluding diaryl/α,β-unsaturated/α-hetero) is 1. The zero-order chi connectivity index (χ0) is 14.6. The van der Waals surface area contributed by atoms with Crippen molar-refractivity contribution in [2.24, 2.45) is 5.92 Å². The largest absolute Gasteiger partial charge is 0.380 e. The molecule has 1 aromatic heterocycles. The molecule has 19 heavy (non-hydrogen) atoms. The van der Waals surface area contributed by atoms with Crippen LogP contribution >= 0.6 is 0 Å². The standard InChI is InChI=1S/C13H20N2O4/c1-5-19-7-11(8(2)3)15-12(17)10(9(4)16)6-14-13(15)18/h6,8,11H,5,7H2,1-4H3,(H,14,18). The summed E-state index contributed by atoms with van der Waals surface area (Å²) in [5, 5.41) is 0. The first-order chi connectivity index (χ1) is 8.90. The number of rotatable bonds is 6. The van der Waals surface area contributed by atoms with Crippen molar-refractivity contribution in [2.75, 3.05) is 13.2 Å². The Kier molecular flexibility index (Phi) is 5.23. The Morgan fingerprint density at radius 3 is 2.53 bits per heavy atom. The van der Waals surface area contributed by atoms with Gasteiger partial charge >= 0.3 is 5.69 Å². The fourth-order valence-electron chi connectivity index (χ4n) is 1.84. The van der Waals surface area contributed by atoms with Gasteiger partial charge in [-0.3, -0.25) is 14.2 Å². The fraction of sp³-hybridized carbons (Fsp3) is 0.615. The van der Waals surface area contributed by atoms with Crippen LogP contribution in [-0.2, 0) is 4.74 Å². The number of carbonyl (C=O) groups excluding carboxylic acids is 1. The van der Waals surface area contributed by atoms with Crippen molar-refractivity contribution >= 4 is 5.78 Å². The minimum absolute atomic E-state index is 0.0123. The van der Waals surface area contributed by atoms with E-state index in [0.717, 1.165) is 4.57 Å². The molecular weight excluding hydrogens is 248 g/mol. The third-order valence-corrected chi connectivity index (χ3v) is 2.98. The van der Waals surface area contributed by atoms with Crippen LogP contribution < -0.4 is 11.2 Å². The van der Waals surface area contributed by atoms with Crippen LogP contribution in [0.5, 0.6) is 0 Å². The summed E-state index contributed by atoms with van der Waals surface area (Å²) in [4.78, 5) is 37.9. The molecule has 0 aliphatic rings. The van der Waals surface area contributed by atoms with E-state index in [0.29, 0.717) is 6.61 Å². The van der Waals surface area contributed by atoms with Crippen molar-refractivity contribution in [3.05, 3.63) is 32.6 Å². The van der Waals surface area contributed by atoms with Gasteiger partial charge in [0.2, 0.25) is 0 Å². The van der Waals surface area contributed by atoms with Crippen LogP contribution in [0.3, 0.4) is 0 Å². The minimum Gasteiger partial charge on any atom is -0.380 e. The highest BCUT2D eigenvalue weighted by Gasteiger charge is 2.22. The second kappa shape index (κ2) is 6.47. The van der Waals surface area contributed by atoms with Gasteiger partial charge in [-0.25, -0.2) is 4.79 Å². The van der Waals surface area contributed by atoms with Crippen molar-refractivity contribution in [3.8, 4) is 0 Å². The lowest BCUT2D eigenvalue weighted by Gasteiger charge is -2.22. The molecule has 1 N–H and O–H groups in total. The van der Waals surface area contributed by atoms with E-state index in [9.17, 15) is 14.4 Å². The molecule has 0 bridgehead atoms. The van der Waals surface area contributed by atoms with Crippen LogP contribution in [0.2, 0.25) is 0 Å². The van der Waals surface area contributed by atoms with E-state index in [4.69, 9.17) is 4.74 Å². The number of aromatic nitrogens is 2. The summed E-state index contributed by atoms with van der Waals surface area (Å²) in [6.07, 6.45) is 1.17. The number of H-pyrrole nitrogens is 1. The molecule has 0 aromatic carbocycles. The number of hydrogen-bond donors (Lipinski definition) is 1. The molecular formula is C13H20N2O4. The van der Waals surface area contributed by atoms with Crippen LogP contribution in [0.25, 0.3) is 0 Å². The maximum Gasteiger partial charge on any atom is 0.328 e. The average Bonchev–Trinajstić information content (AvgIpc) is 2.32. The number of carbonyl (C=O) groups is 1. The zero-order valence-electron chi connectivity index (χ0n) is 11.7. The van der Waals surface area contributed by atoms with Crippen molar-refractivity contribution in [2.45, 2.75) is 33.7 Å². The van der Waals surface area contributed by atoms with E-state index in [1.54, 1.807) is 0 Å². The highest BCUT2D eigenvalue weighted by atomic mass is 16.5. The topological polar surface area (TPSA) is 81.2 Å². The van der Waals surface area contributed by atoms with Gasteiger partial charge in [0.15, 0.2) is 5.78 Å². The molecule has 0 saturated carbocycles. The fourth-order valence-corrected chi connectivity index (χ4v) is 1.84. The second-order valence-corrected chi connectivity index (χ2v) is 4.71. The maximum atomic E-state index is 12.2. The van der Waals surface area contributed by atoms with Gasteiger partial charge in [0.25, 0.3) is 5.56 Å². The van der Waals surface area contributed by atoms with Crippen molar-refractivity contribution in [1.29, 1.82) is 0 Å². The van der Waals surface area contributed by atoms with Gasteiger partial charge in [-0.1, -0.05) is 13.8 Å². The molecule has 106 valence electrons. The number of hydrogen-bond acceptors (Lipinski definition) is 4. The molecule has 0 aliphatic heterocycles. The molecule has 1 atom stereocenters. The molecule has 1 unspecified atom stereocenters. The zero-order valence-corrected chi connectivity index (χ0v) is 11.7. The van der Waals surface area contributed by atoms with Gasteiger partial charge in [0, 0.05) is 12.8 Å². The molecule has 0 spiro atoms. The Labute approximate surface area is 111 Å². The van der Waals surface area contributed by atoms with Gasteiger partial charge in [0.05, 0.1) is 18.2 Å². The second-order valence-electron chi connectivity index (χ2n) is 4.71. The third kappa shape index (κ3) is 3.41. The van der Waals surface area contributed by atoms with Crippen LogP contribution in [0, 0.1) is 5.92 Å². The number of ketones is 1. The first-order valence-corrected chi connectivity index (χ1v) is 6.33. The van der Waals surface area contributed by atoms with Crippen LogP contribution in [-0.4, -0.2) is 28.5 Å².